The van der Waals surface area contributed by atoms with E-state index in [0.29, 0.717) is 0 Å². The first-order valence-corrected chi connectivity index (χ1v) is 5.17. The molecule has 0 bridgehead atoms. The standard InChI is InChI=1S/C11H25N3/c1-7-11(4,14(5)6)10(13-12)8-9(2)3/h8,10,13H,7,12H2,1-6H3. The smallest absolute Gasteiger partial charge is 0.0574 e. The Morgan fingerprint density at radius 3 is 2.21 bits per heavy atom. The van der Waals surface area contributed by atoms with Crippen LogP contribution < -0.4 is 11.3 Å². The van der Waals surface area contributed by atoms with Crippen molar-refractivity contribution in [3.8, 4) is 0 Å². The van der Waals surface area contributed by atoms with Crippen molar-refractivity contribution in [2.45, 2.75) is 45.7 Å². The molecule has 0 saturated carbocycles. The number of nitrogens with two attached hydrogens (primary N) is 1. The zero-order valence-corrected chi connectivity index (χ0v) is 10.4. The van der Waals surface area contributed by atoms with Crippen LogP contribution >= 0.6 is 0 Å². The van der Waals surface area contributed by atoms with Crippen molar-refractivity contribution in [1.29, 1.82) is 0 Å². The van der Waals surface area contributed by atoms with E-state index >= 15 is 0 Å². The molecular formula is C11H25N3. The number of hydrogen-bond acceptors (Lipinski definition) is 3. The van der Waals surface area contributed by atoms with Gasteiger partial charge in [0.15, 0.2) is 0 Å². The summed E-state index contributed by atoms with van der Waals surface area (Å²) in [6.07, 6.45) is 3.24. The third-order valence-corrected chi connectivity index (χ3v) is 3.09. The molecule has 0 radical (unpaired) electrons. The lowest BCUT2D eigenvalue weighted by Crippen LogP contribution is -2.57. The van der Waals surface area contributed by atoms with E-state index in [1.54, 1.807) is 0 Å². The number of allylic oxidation sites excluding steroid dienone is 1. The summed E-state index contributed by atoms with van der Waals surface area (Å²) in [5.74, 6) is 5.60. The molecule has 0 aromatic carbocycles. The Kier molecular flexibility index (Phi) is 5.34. The van der Waals surface area contributed by atoms with E-state index < -0.39 is 0 Å². The molecule has 0 fully saturated rings. The normalized spacial score (nSPS) is 17.7. The lowest BCUT2D eigenvalue weighted by Gasteiger charge is -2.41. The van der Waals surface area contributed by atoms with Gasteiger partial charge in [-0.15, -0.1) is 0 Å². The molecular weight excluding hydrogens is 174 g/mol. The number of likely N-dealkylation sites (N-methyl/N-ethyl adjacent to an activating group) is 1. The highest BCUT2D eigenvalue weighted by Crippen LogP contribution is 2.22. The molecule has 0 spiro atoms. The fraction of sp³-hybridized carbons (Fsp3) is 0.818. The zero-order valence-electron chi connectivity index (χ0n) is 10.4. The van der Waals surface area contributed by atoms with Gasteiger partial charge in [-0.2, -0.15) is 0 Å². The number of hydrogen-bond donors (Lipinski definition) is 2. The monoisotopic (exact) mass is 199 g/mol. The summed E-state index contributed by atoms with van der Waals surface area (Å²) in [6.45, 7) is 8.59. The molecule has 0 heterocycles. The molecule has 0 aromatic rings. The fourth-order valence-corrected chi connectivity index (χ4v) is 1.55. The summed E-state index contributed by atoms with van der Waals surface area (Å²) in [7, 11) is 4.18. The molecule has 3 nitrogen and oxygen atoms in total. The summed E-state index contributed by atoms with van der Waals surface area (Å²) in [6, 6.07) is 0.187. The molecule has 14 heavy (non-hydrogen) atoms. The van der Waals surface area contributed by atoms with E-state index in [-0.39, 0.29) is 11.6 Å². The minimum absolute atomic E-state index is 0.0615. The van der Waals surface area contributed by atoms with Crippen LogP contribution in [0.4, 0.5) is 0 Å². The van der Waals surface area contributed by atoms with E-state index in [1.807, 2.05) is 0 Å². The topological polar surface area (TPSA) is 41.3 Å². The Morgan fingerprint density at radius 2 is 2.00 bits per heavy atom. The SMILES string of the molecule is CCC(C)(C(C=C(C)C)NN)N(C)C. The fourth-order valence-electron chi connectivity index (χ4n) is 1.55. The Hall–Kier alpha value is -0.380. The summed E-state index contributed by atoms with van der Waals surface area (Å²) in [5.41, 5.74) is 4.24. The van der Waals surface area contributed by atoms with Crippen LogP contribution in [0.5, 0.6) is 0 Å². The van der Waals surface area contributed by atoms with Crippen LogP contribution in [0.25, 0.3) is 0 Å². The summed E-state index contributed by atoms with van der Waals surface area (Å²) in [5, 5.41) is 0. The van der Waals surface area contributed by atoms with Crippen LogP contribution in [-0.2, 0) is 0 Å². The van der Waals surface area contributed by atoms with Crippen LogP contribution in [0.3, 0.4) is 0 Å². The molecule has 84 valence electrons. The molecule has 0 aliphatic carbocycles. The number of nitrogens with zero attached hydrogens (tertiary/aromatic N) is 1. The van der Waals surface area contributed by atoms with Gasteiger partial charge in [0.2, 0.25) is 0 Å². The number of rotatable bonds is 5. The molecule has 3 N–H and O–H groups in total. The van der Waals surface area contributed by atoms with Gasteiger partial charge in [-0.1, -0.05) is 18.6 Å². The zero-order chi connectivity index (χ0) is 11.4. The maximum absolute atomic E-state index is 5.60. The molecule has 0 aliphatic heterocycles. The van der Waals surface area contributed by atoms with Gasteiger partial charge in [0.1, 0.15) is 0 Å². The average Bonchev–Trinajstić information content (AvgIpc) is 2.12. The van der Waals surface area contributed by atoms with Crippen molar-refractivity contribution in [2.75, 3.05) is 14.1 Å². The summed E-state index contributed by atoms with van der Waals surface area (Å²) < 4.78 is 0. The van der Waals surface area contributed by atoms with Gasteiger partial charge >= 0.3 is 0 Å². The highest BCUT2D eigenvalue weighted by Gasteiger charge is 2.32. The second kappa shape index (κ2) is 5.49. The third-order valence-electron chi connectivity index (χ3n) is 3.09. The second-order valence-corrected chi connectivity index (χ2v) is 4.49. The molecule has 0 aromatic heterocycles. The van der Waals surface area contributed by atoms with E-state index in [2.05, 4.69) is 58.2 Å². The average molecular weight is 199 g/mol. The van der Waals surface area contributed by atoms with Crippen molar-refractivity contribution >= 4 is 0 Å². The van der Waals surface area contributed by atoms with Crippen LogP contribution in [-0.4, -0.2) is 30.6 Å². The van der Waals surface area contributed by atoms with Gasteiger partial charge in [0, 0.05) is 5.54 Å². The summed E-state index contributed by atoms with van der Waals surface area (Å²) in [4.78, 5) is 2.22. The Morgan fingerprint density at radius 1 is 1.50 bits per heavy atom. The van der Waals surface area contributed by atoms with Gasteiger partial charge in [-0.3, -0.25) is 11.3 Å². The first-order valence-electron chi connectivity index (χ1n) is 5.17. The quantitative estimate of drug-likeness (QED) is 0.401. The van der Waals surface area contributed by atoms with Gasteiger partial charge in [0.25, 0.3) is 0 Å². The van der Waals surface area contributed by atoms with Crippen LogP contribution in [0, 0.1) is 0 Å². The van der Waals surface area contributed by atoms with E-state index in [0.717, 1.165) is 6.42 Å². The van der Waals surface area contributed by atoms with E-state index in [4.69, 9.17) is 5.84 Å². The predicted octanol–water partition coefficient (Wildman–Crippen LogP) is 1.51. The van der Waals surface area contributed by atoms with Gasteiger partial charge in [-0.25, -0.2) is 0 Å². The maximum atomic E-state index is 5.60. The first kappa shape index (κ1) is 13.6. The minimum atomic E-state index is 0.0615. The second-order valence-electron chi connectivity index (χ2n) is 4.49. The molecule has 0 saturated heterocycles. The molecule has 0 rings (SSSR count). The van der Waals surface area contributed by atoms with E-state index in [1.165, 1.54) is 5.57 Å². The van der Waals surface area contributed by atoms with Gasteiger partial charge in [-0.05, 0) is 41.3 Å². The number of hydrazine groups is 1. The lowest BCUT2D eigenvalue weighted by atomic mass is 9.87. The lowest BCUT2D eigenvalue weighted by molar-refractivity contribution is 0.133. The largest absolute Gasteiger partial charge is 0.302 e. The molecule has 2 atom stereocenters. The molecule has 0 amide bonds. The Balaban J connectivity index is 4.87. The minimum Gasteiger partial charge on any atom is -0.302 e. The maximum Gasteiger partial charge on any atom is 0.0574 e. The molecule has 2 unspecified atom stereocenters. The first-order chi connectivity index (χ1) is 6.38. The van der Waals surface area contributed by atoms with Crippen molar-refractivity contribution in [1.82, 2.24) is 10.3 Å². The van der Waals surface area contributed by atoms with Crippen molar-refractivity contribution in [2.24, 2.45) is 5.84 Å². The van der Waals surface area contributed by atoms with Crippen LogP contribution in [0.2, 0.25) is 0 Å². The van der Waals surface area contributed by atoms with Crippen molar-refractivity contribution < 1.29 is 0 Å². The highest BCUT2D eigenvalue weighted by atomic mass is 15.3. The summed E-state index contributed by atoms with van der Waals surface area (Å²) >= 11 is 0. The van der Waals surface area contributed by atoms with Gasteiger partial charge < -0.3 is 4.90 Å². The Labute approximate surface area is 88.3 Å². The molecule has 0 aliphatic rings. The Bertz CT molecular complexity index is 195. The predicted molar refractivity (Wildman–Crippen MR) is 62.9 cm³/mol. The van der Waals surface area contributed by atoms with Gasteiger partial charge in [0.05, 0.1) is 6.04 Å². The van der Waals surface area contributed by atoms with Crippen molar-refractivity contribution in [3.63, 3.8) is 0 Å². The third kappa shape index (κ3) is 3.08. The van der Waals surface area contributed by atoms with Crippen LogP contribution in [0.15, 0.2) is 11.6 Å². The van der Waals surface area contributed by atoms with E-state index in [9.17, 15) is 0 Å². The van der Waals surface area contributed by atoms with Crippen molar-refractivity contribution in [3.05, 3.63) is 11.6 Å². The molecule has 3 heteroatoms. The number of nitrogens with one attached hydrogen (secondary N) is 1. The highest BCUT2D eigenvalue weighted by molar-refractivity contribution is 5.09. The van der Waals surface area contributed by atoms with Crippen LogP contribution in [0.1, 0.15) is 34.1 Å².